The average Bonchev–Trinajstić information content (AvgIpc) is 1.81. The van der Waals surface area contributed by atoms with Crippen LogP contribution in [0, 0.1) is 17.8 Å². The van der Waals surface area contributed by atoms with Gasteiger partial charge in [-0.25, -0.2) is 0 Å². The topological polar surface area (TPSA) is 0 Å². The fraction of sp³-hybridized carbons (Fsp3) is 0.714. The first-order valence-corrected chi connectivity index (χ1v) is 3.22. The van der Waals surface area contributed by atoms with Crippen LogP contribution in [-0.2, 0) is 0 Å². The fourth-order valence-electron chi connectivity index (χ4n) is 0.621. The Kier molecular flexibility index (Phi) is 3.64. The van der Waals surface area contributed by atoms with Gasteiger partial charge in [-0.3, -0.25) is 0 Å². The lowest BCUT2D eigenvalue weighted by Gasteiger charge is -2.20. The highest BCUT2D eigenvalue weighted by Crippen LogP contribution is 2.40. The molecule has 0 radical (unpaired) electrons. The first kappa shape index (κ1) is 12.1. The van der Waals surface area contributed by atoms with Gasteiger partial charge in [0.1, 0.15) is 0 Å². The molecule has 0 atom stereocenters. The van der Waals surface area contributed by atoms with Crippen LogP contribution >= 0.6 is 0 Å². The predicted molar refractivity (Wildman–Crippen MR) is 33.7 cm³/mol. The number of alkyl halides is 6. The van der Waals surface area contributed by atoms with Crippen molar-refractivity contribution >= 4 is 0 Å². The zero-order valence-corrected chi connectivity index (χ0v) is 6.55. The molecule has 6 heteroatoms. The summed E-state index contributed by atoms with van der Waals surface area (Å²) in [4.78, 5) is 0. The highest BCUT2D eigenvalue weighted by molar-refractivity contribution is 4.99. The Morgan fingerprint density at radius 3 is 1.62 bits per heavy atom. The molecule has 0 rings (SSSR count). The number of hydrogen-bond donors (Lipinski definition) is 0. The predicted octanol–water partition coefficient (Wildman–Crippen LogP) is 3.14. The van der Waals surface area contributed by atoms with Crippen LogP contribution in [-0.4, -0.2) is 12.4 Å². The van der Waals surface area contributed by atoms with Crippen LogP contribution in [0.4, 0.5) is 26.3 Å². The van der Waals surface area contributed by atoms with Crippen molar-refractivity contribution < 1.29 is 26.3 Å². The Bertz CT molecular complexity index is 198. The SMILES string of the molecule is CC#CCC(C(F)(F)F)C(F)(F)F. The van der Waals surface area contributed by atoms with Gasteiger partial charge in [0.05, 0.1) is 0 Å². The Hall–Kier alpha value is -0.860. The third-order valence-electron chi connectivity index (χ3n) is 1.27. The second-order valence-corrected chi connectivity index (χ2v) is 2.27. The summed E-state index contributed by atoms with van der Waals surface area (Å²) in [5.41, 5.74) is 0. The van der Waals surface area contributed by atoms with E-state index in [-0.39, 0.29) is 0 Å². The minimum atomic E-state index is -5.28. The number of hydrogen-bond acceptors (Lipinski definition) is 0. The van der Waals surface area contributed by atoms with E-state index >= 15 is 0 Å². The third kappa shape index (κ3) is 4.06. The quantitative estimate of drug-likeness (QED) is 0.454. The molecule has 0 heterocycles. The van der Waals surface area contributed by atoms with Crippen molar-refractivity contribution in [2.45, 2.75) is 25.7 Å². The summed E-state index contributed by atoms with van der Waals surface area (Å²) < 4.78 is 70.5. The molecule has 0 aromatic carbocycles. The molecule has 0 saturated carbocycles. The molecule has 0 aliphatic heterocycles. The van der Waals surface area contributed by atoms with E-state index in [1.165, 1.54) is 6.92 Å². The molecule has 0 saturated heterocycles. The Labute approximate surface area is 70.9 Å². The molecule has 0 aromatic heterocycles. The molecule has 0 N–H and O–H groups in total. The molecule has 0 aliphatic rings. The van der Waals surface area contributed by atoms with Crippen LogP contribution in [0.25, 0.3) is 0 Å². The zero-order valence-electron chi connectivity index (χ0n) is 6.55. The van der Waals surface area contributed by atoms with Crippen molar-refractivity contribution in [3.05, 3.63) is 0 Å². The second kappa shape index (κ2) is 3.90. The van der Waals surface area contributed by atoms with Crippen LogP contribution < -0.4 is 0 Å². The molecular formula is C7H6F6. The van der Waals surface area contributed by atoms with Crippen molar-refractivity contribution in [3.8, 4) is 11.8 Å². The molecule has 0 spiro atoms. The molecular weight excluding hydrogens is 198 g/mol. The summed E-state index contributed by atoms with van der Waals surface area (Å²) in [7, 11) is 0. The van der Waals surface area contributed by atoms with E-state index in [4.69, 9.17) is 0 Å². The average molecular weight is 204 g/mol. The Balaban J connectivity index is 4.64. The monoisotopic (exact) mass is 204 g/mol. The van der Waals surface area contributed by atoms with Gasteiger partial charge >= 0.3 is 12.4 Å². The Morgan fingerprint density at radius 1 is 1.00 bits per heavy atom. The molecule has 13 heavy (non-hydrogen) atoms. The van der Waals surface area contributed by atoms with Gasteiger partial charge in [-0.05, 0) is 6.92 Å². The normalized spacial score (nSPS) is 12.6. The van der Waals surface area contributed by atoms with Crippen molar-refractivity contribution in [2.75, 3.05) is 0 Å². The van der Waals surface area contributed by atoms with E-state index in [2.05, 4.69) is 0 Å². The van der Waals surface area contributed by atoms with E-state index in [9.17, 15) is 26.3 Å². The summed E-state index contributed by atoms with van der Waals surface area (Å²) >= 11 is 0. The second-order valence-electron chi connectivity index (χ2n) is 2.27. The van der Waals surface area contributed by atoms with Crippen molar-refractivity contribution in [3.63, 3.8) is 0 Å². The highest BCUT2D eigenvalue weighted by Gasteiger charge is 2.55. The lowest BCUT2D eigenvalue weighted by molar-refractivity contribution is -0.282. The van der Waals surface area contributed by atoms with E-state index in [0.29, 0.717) is 0 Å². The molecule has 76 valence electrons. The maximum atomic E-state index is 11.8. The van der Waals surface area contributed by atoms with Gasteiger partial charge in [0.25, 0.3) is 0 Å². The van der Waals surface area contributed by atoms with Gasteiger partial charge in [0.2, 0.25) is 0 Å². The van der Waals surface area contributed by atoms with Crippen LogP contribution in [0.1, 0.15) is 13.3 Å². The molecule has 0 unspecified atom stereocenters. The van der Waals surface area contributed by atoms with E-state index in [0.717, 1.165) is 0 Å². The van der Waals surface area contributed by atoms with Gasteiger partial charge in [0.15, 0.2) is 5.92 Å². The van der Waals surface area contributed by atoms with Gasteiger partial charge in [-0.15, -0.1) is 11.8 Å². The van der Waals surface area contributed by atoms with Gasteiger partial charge in [-0.2, -0.15) is 26.3 Å². The van der Waals surface area contributed by atoms with Crippen LogP contribution in [0.15, 0.2) is 0 Å². The smallest absolute Gasteiger partial charge is 0.170 e. The zero-order chi connectivity index (χ0) is 10.7. The van der Waals surface area contributed by atoms with Crippen molar-refractivity contribution in [1.29, 1.82) is 0 Å². The van der Waals surface area contributed by atoms with Gasteiger partial charge in [0, 0.05) is 6.42 Å². The number of halogens is 6. The van der Waals surface area contributed by atoms with Crippen molar-refractivity contribution in [2.24, 2.45) is 5.92 Å². The minimum absolute atomic E-state index is 1.18. The molecule has 0 bridgehead atoms. The van der Waals surface area contributed by atoms with Gasteiger partial charge < -0.3 is 0 Å². The lowest BCUT2D eigenvalue weighted by Crippen LogP contribution is -2.36. The molecule has 0 amide bonds. The Morgan fingerprint density at radius 2 is 1.38 bits per heavy atom. The fourth-order valence-corrected chi connectivity index (χ4v) is 0.621. The lowest BCUT2D eigenvalue weighted by atomic mass is 10.1. The van der Waals surface area contributed by atoms with Crippen LogP contribution in [0.2, 0.25) is 0 Å². The first-order chi connectivity index (χ1) is 5.69. The molecule has 0 nitrogen and oxygen atoms in total. The molecule has 0 aliphatic carbocycles. The summed E-state index contributed by atoms with van der Waals surface area (Å²) in [5.74, 6) is 0.423. The maximum absolute atomic E-state index is 11.8. The standard InChI is InChI=1S/C7H6F6/c1-2-3-4-5(6(8,9)10)7(11,12)13/h5H,4H2,1H3. The number of rotatable bonds is 1. The summed E-state index contributed by atoms with van der Waals surface area (Å²) in [6.45, 7) is 1.18. The summed E-state index contributed by atoms with van der Waals surface area (Å²) in [6.07, 6.45) is -11.8. The summed E-state index contributed by atoms with van der Waals surface area (Å²) in [5, 5.41) is 0. The highest BCUT2D eigenvalue weighted by atomic mass is 19.4. The van der Waals surface area contributed by atoms with Gasteiger partial charge in [-0.1, -0.05) is 0 Å². The largest absolute Gasteiger partial charge is 0.401 e. The van der Waals surface area contributed by atoms with Crippen LogP contribution in [0.3, 0.4) is 0 Å². The molecule has 0 fully saturated rings. The van der Waals surface area contributed by atoms with Crippen LogP contribution in [0.5, 0.6) is 0 Å². The summed E-state index contributed by atoms with van der Waals surface area (Å²) in [6, 6.07) is 0. The van der Waals surface area contributed by atoms with E-state index in [1.807, 2.05) is 5.92 Å². The first-order valence-electron chi connectivity index (χ1n) is 3.22. The minimum Gasteiger partial charge on any atom is -0.170 e. The maximum Gasteiger partial charge on any atom is 0.401 e. The van der Waals surface area contributed by atoms with E-state index in [1.54, 1.807) is 5.92 Å². The third-order valence-corrected chi connectivity index (χ3v) is 1.27. The van der Waals surface area contributed by atoms with Crippen molar-refractivity contribution in [1.82, 2.24) is 0 Å². The molecule has 0 aromatic rings. The van der Waals surface area contributed by atoms with E-state index < -0.39 is 24.7 Å².